The SMILES string of the molecule is CCCCC/C=C\C/C=C\C/C=C\CCCCCCCCCOCC(COP(=O)(O)OCC[N+](C)(C)C)OC(=O)CCCCCCCCCCCCCCC/C=C\C/C=C\CCCCCCC. The lowest BCUT2D eigenvalue weighted by molar-refractivity contribution is -0.870. The third kappa shape index (κ3) is 55.0. The molecule has 0 rings (SSSR count). The Hall–Kier alpha value is -1.80. The zero-order valence-corrected chi connectivity index (χ0v) is 45.5. The first kappa shape index (κ1) is 65.2. The van der Waals surface area contributed by atoms with E-state index in [1.165, 1.54) is 167 Å². The Balaban J connectivity index is 4.10. The fourth-order valence-corrected chi connectivity index (χ4v) is 8.45. The van der Waals surface area contributed by atoms with Gasteiger partial charge in [-0.05, 0) is 83.5 Å². The number of allylic oxidation sites excluding steroid dienone is 10. The monoisotopic (exact) mass is 963 g/mol. The predicted molar refractivity (Wildman–Crippen MR) is 289 cm³/mol. The maximum absolute atomic E-state index is 12.8. The van der Waals surface area contributed by atoms with Gasteiger partial charge in [-0.2, -0.15) is 0 Å². The highest BCUT2D eigenvalue weighted by Crippen LogP contribution is 2.43. The Morgan fingerprint density at radius 1 is 0.463 bits per heavy atom. The van der Waals surface area contributed by atoms with E-state index in [0.717, 1.165) is 57.8 Å². The van der Waals surface area contributed by atoms with E-state index in [1.54, 1.807) is 0 Å². The number of carbonyl (C=O) groups excluding carboxylic acids is 1. The maximum Gasteiger partial charge on any atom is 0.472 e. The first-order valence-corrected chi connectivity index (χ1v) is 29.5. The molecule has 0 saturated heterocycles. The minimum Gasteiger partial charge on any atom is -0.457 e. The Labute approximate surface area is 415 Å². The van der Waals surface area contributed by atoms with Crippen LogP contribution in [0.5, 0.6) is 0 Å². The van der Waals surface area contributed by atoms with Crippen LogP contribution < -0.4 is 0 Å². The highest BCUT2D eigenvalue weighted by molar-refractivity contribution is 7.47. The lowest BCUT2D eigenvalue weighted by atomic mass is 10.0. The van der Waals surface area contributed by atoms with E-state index in [2.05, 4.69) is 74.6 Å². The molecule has 2 unspecified atom stereocenters. The van der Waals surface area contributed by atoms with E-state index in [1.807, 2.05) is 21.1 Å². The van der Waals surface area contributed by atoms with Crippen molar-refractivity contribution in [3.8, 4) is 0 Å². The molecule has 392 valence electrons. The molecule has 0 heterocycles. The van der Waals surface area contributed by atoms with Gasteiger partial charge in [-0.15, -0.1) is 0 Å². The zero-order chi connectivity index (χ0) is 49.0. The number of quaternary nitrogens is 1. The molecular formula is C58H109NO7P+. The molecule has 0 aromatic heterocycles. The molecule has 0 bridgehead atoms. The molecule has 1 N–H and O–H groups in total. The second kappa shape index (κ2) is 50.6. The molecule has 0 amide bonds. The van der Waals surface area contributed by atoms with Crippen LogP contribution >= 0.6 is 7.82 Å². The quantitative estimate of drug-likeness (QED) is 0.0213. The number of likely N-dealkylation sites (N-methyl/N-ethyl adjacent to an activating group) is 1. The number of phosphoric acid groups is 1. The first-order valence-electron chi connectivity index (χ1n) is 28.0. The van der Waals surface area contributed by atoms with Gasteiger partial charge in [0.2, 0.25) is 0 Å². The number of esters is 1. The summed E-state index contributed by atoms with van der Waals surface area (Å²) < 4.78 is 35.2. The molecule has 0 fully saturated rings. The van der Waals surface area contributed by atoms with Crippen molar-refractivity contribution < 1.29 is 37.3 Å². The van der Waals surface area contributed by atoms with Crippen LogP contribution in [0.2, 0.25) is 0 Å². The van der Waals surface area contributed by atoms with Crippen LogP contribution in [0.25, 0.3) is 0 Å². The average Bonchev–Trinajstić information content (AvgIpc) is 3.29. The molecule has 0 aromatic carbocycles. The summed E-state index contributed by atoms with van der Waals surface area (Å²) in [5.74, 6) is -0.317. The number of phosphoric ester groups is 1. The van der Waals surface area contributed by atoms with Crippen LogP contribution in [0.4, 0.5) is 0 Å². The van der Waals surface area contributed by atoms with Crippen molar-refractivity contribution >= 4 is 13.8 Å². The lowest BCUT2D eigenvalue weighted by Crippen LogP contribution is -2.37. The summed E-state index contributed by atoms with van der Waals surface area (Å²) in [6.07, 6.45) is 65.6. The van der Waals surface area contributed by atoms with E-state index in [-0.39, 0.29) is 25.8 Å². The molecule has 2 atom stereocenters. The molecule has 0 aliphatic heterocycles. The van der Waals surface area contributed by atoms with Crippen molar-refractivity contribution in [3.05, 3.63) is 60.8 Å². The normalized spacial score (nSPS) is 13.9. The van der Waals surface area contributed by atoms with Crippen LogP contribution in [0.1, 0.15) is 245 Å². The second-order valence-corrected chi connectivity index (χ2v) is 21.4. The molecule has 0 radical (unpaired) electrons. The van der Waals surface area contributed by atoms with Gasteiger partial charge in [-0.25, -0.2) is 4.57 Å². The van der Waals surface area contributed by atoms with E-state index in [0.29, 0.717) is 24.1 Å². The zero-order valence-electron chi connectivity index (χ0n) is 44.6. The molecule has 0 aromatic rings. The van der Waals surface area contributed by atoms with Crippen molar-refractivity contribution in [1.82, 2.24) is 0 Å². The van der Waals surface area contributed by atoms with Crippen molar-refractivity contribution in [2.45, 2.75) is 251 Å². The van der Waals surface area contributed by atoms with Crippen molar-refractivity contribution in [1.29, 1.82) is 0 Å². The fraction of sp³-hybridized carbons (Fsp3) is 0.810. The molecule has 8 nitrogen and oxygen atoms in total. The maximum atomic E-state index is 12.8. The van der Waals surface area contributed by atoms with Crippen LogP contribution in [0, 0.1) is 0 Å². The van der Waals surface area contributed by atoms with Crippen molar-refractivity contribution in [2.24, 2.45) is 0 Å². The van der Waals surface area contributed by atoms with Crippen molar-refractivity contribution in [3.63, 3.8) is 0 Å². The van der Waals surface area contributed by atoms with Gasteiger partial charge >= 0.3 is 13.8 Å². The number of carbonyl (C=O) groups is 1. The van der Waals surface area contributed by atoms with E-state index >= 15 is 0 Å². The summed E-state index contributed by atoms with van der Waals surface area (Å²) in [7, 11) is 1.66. The standard InChI is InChI=1S/C58H108NO7P/c1-6-8-10-12-14-16-18-20-22-24-26-28-29-30-31-32-33-35-37-39-41-43-45-47-49-51-58(60)66-57(56-65-67(61,62)64-54-52-59(3,4)5)55-63-53-50-48-46-44-42-40-38-36-34-27-25-23-21-19-17-15-13-11-9-7-2/h15,17-18,20-21,23-24,26-27,34,57H,6-14,16,19,22,25,28-33,35-56H2,1-5H3/p+1/b17-15-,20-18-,23-21-,26-24-,34-27-. The van der Waals surface area contributed by atoms with Crippen LogP contribution in [0.3, 0.4) is 0 Å². The minimum absolute atomic E-state index is 0.0847. The van der Waals surface area contributed by atoms with E-state index in [4.69, 9.17) is 18.5 Å². The van der Waals surface area contributed by atoms with Crippen LogP contribution in [-0.4, -0.2) is 75.6 Å². The molecular weight excluding hydrogens is 854 g/mol. The second-order valence-electron chi connectivity index (χ2n) is 20.0. The van der Waals surface area contributed by atoms with E-state index < -0.39 is 13.9 Å². The number of rotatable bonds is 52. The van der Waals surface area contributed by atoms with Gasteiger partial charge in [-0.1, -0.05) is 216 Å². The van der Waals surface area contributed by atoms with E-state index in [9.17, 15) is 14.3 Å². The Bertz CT molecular complexity index is 1260. The highest BCUT2D eigenvalue weighted by atomic mass is 31.2. The Kier molecular flexibility index (Phi) is 49.2. The van der Waals surface area contributed by atoms with Gasteiger partial charge in [0.1, 0.15) is 19.3 Å². The van der Waals surface area contributed by atoms with Gasteiger partial charge in [0.15, 0.2) is 0 Å². The summed E-state index contributed by atoms with van der Waals surface area (Å²) in [5.41, 5.74) is 0. The summed E-state index contributed by atoms with van der Waals surface area (Å²) in [5, 5.41) is 0. The number of hydrogen-bond donors (Lipinski definition) is 1. The molecule has 0 aliphatic rings. The third-order valence-corrected chi connectivity index (χ3v) is 13.0. The number of nitrogens with zero attached hydrogens (tertiary/aromatic N) is 1. The Morgan fingerprint density at radius 3 is 1.25 bits per heavy atom. The first-order chi connectivity index (χ1) is 32.6. The smallest absolute Gasteiger partial charge is 0.457 e. The number of unbranched alkanes of at least 4 members (excludes halogenated alkanes) is 28. The summed E-state index contributed by atoms with van der Waals surface area (Å²) in [6, 6.07) is 0. The van der Waals surface area contributed by atoms with Crippen LogP contribution in [0.15, 0.2) is 60.8 Å². The number of hydrogen-bond acceptors (Lipinski definition) is 6. The summed E-state index contributed by atoms with van der Waals surface area (Å²) in [6.45, 7) is 5.59. The Morgan fingerprint density at radius 2 is 0.821 bits per heavy atom. The van der Waals surface area contributed by atoms with Crippen LogP contribution in [-0.2, 0) is 27.9 Å². The fourth-order valence-electron chi connectivity index (χ4n) is 7.71. The molecule has 9 heteroatoms. The largest absolute Gasteiger partial charge is 0.472 e. The van der Waals surface area contributed by atoms with Gasteiger partial charge in [0, 0.05) is 13.0 Å². The van der Waals surface area contributed by atoms with Gasteiger partial charge in [-0.3, -0.25) is 13.8 Å². The van der Waals surface area contributed by atoms with Gasteiger partial charge in [0.05, 0.1) is 34.4 Å². The summed E-state index contributed by atoms with van der Waals surface area (Å²) in [4.78, 5) is 23.1. The summed E-state index contributed by atoms with van der Waals surface area (Å²) >= 11 is 0. The minimum atomic E-state index is -4.29. The molecule has 0 spiro atoms. The highest BCUT2D eigenvalue weighted by Gasteiger charge is 2.26. The van der Waals surface area contributed by atoms with Crippen molar-refractivity contribution in [2.75, 3.05) is 54.1 Å². The van der Waals surface area contributed by atoms with Gasteiger partial charge < -0.3 is 18.9 Å². The molecule has 0 aliphatic carbocycles. The lowest BCUT2D eigenvalue weighted by Gasteiger charge is -2.24. The topological polar surface area (TPSA) is 91.3 Å². The third-order valence-electron chi connectivity index (χ3n) is 12.1. The predicted octanol–water partition coefficient (Wildman–Crippen LogP) is 17.6. The molecule has 0 saturated carbocycles. The number of ether oxygens (including phenoxy) is 2. The molecule has 67 heavy (non-hydrogen) atoms. The van der Waals surface area contributed by atoms with Gasteiger partial charge in [0.25, 0.3) is 0 Å². The average molecular weight is 963 g/mol.